The van der Waals surface area contributed by atoms with Crippen molar-refractivity contribution >= 4 is 0 Å². The standard InChI is InChI=1S/C16H25NO2/c1-5-17-13-10-15(16(13)18-6-2)19-14-9-7-8-11(3)12(14)4/h7-9,13,15-17H,5-6,10H2,1-4H3. The molecular formula is C16H25NO2. The maximum Gasteiger partial charge on any atom is 0.128 e. The van der Waals surface area contributed by atoms with Crippen LogP contribution in [0.5, 0.6) is 5.75 Å². The lowest BCUT2D eigenvalue weighted by molar-refractivity contribution is -0.104. The van der Waals surface area contributed by atoms with Crippen LogP contribution in [0.15, 0.2) is 18.2 Å². The molecule has 19 heavy (non-hydrogen) atoms. The molecule has 1 aromatic carbocycles. The van der Waals surface area contributed by atoms with E-state index in [-0.39, 0.29) is 12.2 Å². The third-order valence-electron chi connectivity index (χ3n) is 3.91. The van der Waals surface area contributed by atoms with Crippen molar-refractivity contribution in [1.29, 1.82) is 0 Å². The number of hydrogen-bond donors (Lipinski definition) is 1. The highest BCUT2D eigenvalue weighted by atomic mass is 16.5. The van der Waals surface area contributed by atoms with Gasteiger partial charge in [0.15, 0.2) is 0 Å². The van der Waals surface area contributed by atoms with Gasteiger partial charge in [0.2, 0.25) is 0 Å². The zero-order valence-corrected chi connectivity index (χ0v) is 12.4. The van der Waals surface area contributed by atoms with Crippen LogP contribution in [0.2, 0.25) is 0 Å². The molecule has 1 saturated carbocycles. The maximum absolute atomic E-state index is 6.14. The number of likely N-dealkylation sites (N-methyl/N-ethyl adjacent to an activating group) is 1. The highest BCUT2D eigenvalue weighted by Gasteiger charge is 2.43. The van der Waals surface area contributed by atoms with Gasteiger partial charge in [-0.3, -0.25) is 0 Å². The van der Waals surface area contributed by atoms with Crippen LogP contribution >= 0.6 is 0 Å². The summed E-state index contributed by atoms with van der Waals surface area (Å²) in [4.78, 5) is 0. The quantitative estimate of drug-likeness (QED) is 0.856. The van der Waals surface area contributed by atoms with Gasteiger partial charge >= 0.3 is 0 Å². The summed E-state index contributed by atoms with van der Waals surface area (Å²) in [5.74, 6) is 0.990. The van der Waals surface area contributed by atoms with E-state index in [1.807, 2.05) is 19.1 Å². The van der Waals surface area contributed by atoms with Gasteiger partial charge in [-0.15, -0.1) is 0 Å². The van der Waals surface area contributed by atoms with Crippen LogP contribution in [-0.2, 0) is 4.74 Å². The lowest BCUT2D eigenvalue weighted by atomic mass is 9.85. The van der Waals surface area contributed by atoms with E-state index in [0.717, 1.165) is 25.3 Å². The van der Waals surface area contributed by atoms with Gasteiger partial charge in [-0.1, -0.05) is 19.1 Å². The molecule has 0 radical (unpaired) electrons. The van der Waals surface area contributed by atoms with Crippen LogP contribution in [0.3, 0.4) is 0 Å². The average Bonchev–Trinajstić information content (AvgIpc) is 2.39. The largest absolute Gasteiger partial charge is 0.487 e. The molecule has 2 rings (SSSR count). The zero-order valence-electron chi connectivity index (χ0n) is 12.4. The van der Waals surface area contributed by atoms with Gasteiger partial charge in [-0.05, 0) is 44.5 Å². The summed E-state index contributed by atoms with van der Waals surface area (Å²) in [5, 5.41) is 3.45. The number of benzene rings is 1. The second-order valence-electron chi connectivity index (χ2n) is 5.17. The summed E-state index contributed by atoms with van der Waals surface area (Å²) >= 11 is 0. The second kappa shape index (κ2) is 6.40. The molecule has 0 heterocycles. The van der Waals surface area contributed by atoms with Gasteiger partial charge in [-0.25, -0.2) is 0 Å². The summed E-state index contributed by atoms with van der Waals surface area (Å²) in [7, 11) is 0. The van der Waals surface area contributed by atoms with Crippen LogP contribution in [0, 0.1) is 13.8 Å². The molecule has 0 amide bonds. The van der Waals surface area contributed by atoms with Crippen LogP contribution in [-0.4, -0.2) is 31.4 Å². The number of rotatable bonds is 6. The predicted molar refractivity (Wildman–Crippen MR) is 77.8 cm³/mol. The molecule has 1 N–H and O–H groups in total. The number of hydrogen-bond acceptors (Lipinski definition) is 3. The van der Waals surface area contributed by atoms with E-state index in [4.69, 9.17) is 9.47 Å². The molecule has 1 aromatic rings. The van der Waals surface area contributed by atoms with Crippen molar-refractivity contribution in [3.63, 3.8) is 0 Å². The van der Waals surface area contributed by atoms with Crippen molar-refractivity contribution < 1.29 is 9.47 Å². The van der Waals surface area contributed by atoms with E-state index < -0.39 is 0 Å². The third-order valence-corrected chi connectivity index (χ3v) is 3.91. The van der Waals surface area contributed by atoms with E-state index >= 15 is 0 Å². The van der Waals surface area contributed by atoms with Crippen molar-refractivity contribution in [2.75, 3.05) is 13.2 Å². The van der Waals surface area contributed by atoms with Gasteiger partial charge in [0.05, 0.1) is 0 Å². The summed E-state index contributed by atoms with van der Waals surface area (Å²) in [6.45, 7) is 10.1. The first-order valence-electron chi connectivity index (χ1n) is 7.25. The Morgan fingerprint density at radius 1 is 1.26 bits per heavy atom. The number of ether oxygens (including phenoxy) is 2. The van der Waals surface area contributed by atoms with Crippen LogP contribution in [0.1, 0.15) is 31.4 Å². The fourth-order valence-electron chi connectivity index (χ4n) is 2.59. The van der Waals surface area contributed by atoms with Gasteiger partial charge in [0.25, 0.3) is 0 Å². The Morgan fingerprint density at radius 3 is 2.74 bits per heavy atom. The summed E-state index contributed by atoms with van der Waals surface area (Å²) in [6.07, 6.45) is 1.36. The normalized spacial score (nSPS) is 26.0. The van der Waals surface area contributed by atoms with Gasteiger partial charge in [0, 0.05) is 19.1 Å². The van der Waals surface area contributed by atoms with Crippen LogP contribution < -0.4 is 10.1 Å². The smallest absolute Gasteiger partial charge is 0.128 e. The monoisotopic (exact) mass is 263 g/mol. The fourth-order valence-corrected chi connectivity index (χ4v) is 2.59. The Kier molecular flexibility index (Phi) is 4.83. The summed E-state index contributed by atoms with van der Waals surface area (Å²) in [6, 6.07) is 6.64. The molecule has 1 fully saturated rings. The van der Waals surface area contributed by atoms with Gasteiger partial charge in [0.1, 0.15) is 18.0 Å². The summed E-state index contributed by atoms with van der Waals surface area (Å²) < 4.78 is 11.9. The predicted octanol–water partition coefficient (Wildman–Crippen LogP) is 2.84. The first-order chi connectivity index (χ1) is 9.17. The van der Waals surface area contributed by atoms with Gasteiger partial charge in [-0.2, -0.15) is 0 Å². The molecular weight excluding hydrogens is 238 g/mol. The van der Waals surface area contributed by atoms with E-state index in [2.05, 4.69) is 32.2 Å². The topological polar surface area (TPSA) is 30.5 Å². The Bertz CT molecular complexity index is 419. The van der Waals surface area contributed by atoms with Crippen LogP contribution in [0.25, 0.3) is 0 Å². The Hall–Kier alpha value is -1.06. The Morgan fingerprint density at radius 2 is 2.05 bits per heavy atom. The Balaban J connectivity index is 2.01. The number of nitrogens with one attached hydrogen (secondary N) is 1. The van der Waals surface area contributed by atoms with Crippen LogP contribution in [0.4, 0.5) is 0 Å². The molecule has 0 bridgehead atoms. The van der Waals surface area contributed by atoms with Crippen molar-refractivity contribution in [3.8, 4) is 5.75 Å². The molecule has 0 aliphatic heterocycles. The highest BCUT2D eigenvalue weighted by Crippen LogP contribution is 2.31. The Labute approximate surface area is 116 Å². The van der Waals surface area contributed by atoms with E-state index in [1.165, 1.54) is 11.1 Å². The first-order valence-corrected chi connectivity index (χ1v) is 7.25. The van der Waals surface area contributed by atoms with E-state index in [0.29, 0.717) is 6.04 Å². The van der Waals surface area contributed by atoms with E-state index in [1.54, 1.807) is 0 Å². The van der Waals surface area contributed by atoms with E-state index in [9.17, 15) is 0 Å². The molecule has 3 atom stereocenters. The van der Waals surface area contributed by atoms with Gasteiger partial charge < -0.3 is 14.8 Å². The minimum atomic E-state index is 0.171. The summed E-state index contributed by atoms with van der Waals surface area (Å²) in [5.41, 5.74) is 2.50. The molecule has 3 heteroatoms. The molecule has 3 unspecified atom stereocenters. The molecule has 0 saturated heterocycles. The average molecular weight is 263 g/mol. The molecule has 1 aliphatic rings. The first kappa shape index (κ1) is 14.4. The molecule has 0 spiro atoms. The van der Waals surface area contributed by atoms with Crippen molar-refractivity contribution in [2.24, 2.45) is 0 Å². The molecule has 1 aliphatic carbocycles. The zero-order chi connectivity index (χ0) is 13.8. The highest BCUT2D eigenvalue weighted by molar-refractivity contribution is 5.38. The molecule has 0 aromatic heterocycles. The molecule has 3 nitrogen and oxygen atoms in total. The molecule has 106 valence electrons. The SMILES string of the molecule is CCNC1CC(Oc2cccc(C)c2C)C1OCC. The minimum Gasteiger partial charge on any atom is -0.487 e. The van der Waals surface area contributed by atoms with Crippen molar-refractivity contribution in [2.45, 2.75) is 52.4 Å². The lowest BCUT2D eigenvalue weighted by Gasteiger charge is -2.44. The fraction of sp³-hybridized carbons (Fsp3) is 0.625. The van der Waals surface area contributed by atoms with Crippen molar-refractivity contribution in [3.05, 3.63) is 29.3 Å². The maximum atomic E-state index is 6.14. The third kappa shape index (κ3) is 3.10. The van der Waals surface area contributed by atoms with Crippen molar-refractivity contribution in [1.82, 2.24) is 5.32 Å². The second-order valence-corrected chi connectivity index (χ2v) is 5.17. The minimum absolute atomic E-state index is 0.171. The lowest BCUT2D eigenvalue weighted by Crippen LogP contribution is -2.61. The number of aryl methyl sites for hydroxylation is 1.